The lowest BCUT2D eigenvalue weighted by Gasteiger charge is -2.40. The molecule has 19 heavy (non-hydrogen) atoms. The number of benzene rings is 1. The number of nitrogens with one attached hydrogen (secondary N) is 1. The van der Waals surface area contributed by atoms with Crippen LogP contribution >= 0.6 is 0 Å². The number of hydrogen-bond acceptors (Lipinski definition) is 4. The molecule has 1 atom stereocenters. The van der Waals surface area contributed by atoms with E-state index in [2.05, 4.69) is 40.4 Å². The summed E-state index contributed by atoms with van der Waals surface area (Å²) in [6.45, 7) is 6.67. The molecule has 0 saturated carbocycles. The van der Waals surface area contributed by atoms with Crippen LogP contribution in [-0.4, -0.2) is 56.7 Å². The Balaban J connectivity index is 1.82. The molecule has 2 heterocycles. The molecule has 0 aliphatic carbocycles. The first kappa shape index (κ1) is 12.9. The maximum Gasteiger partial charge on any atom is 0.119 e. The number of ether oxygens (including phenoxy) is 1. The first-order valence-corrected chi connectivity index (χ1v) is 7.08. The van der Waals surface area contributed by atoms with Gasteiger partial charge in [0, 0.05) is 45.3 Å². The van der Waals surface area contributed by atoms with E-state index in [-0.39, 0.29) is 0 Å². The van der Waals surface area contributed by atoms with Gasteiger partial charge in [0.15, 0.2) is 0 Å². The minimum absolute atomic E-state index is 0.517. The molecule has 0 radical (unpaired) electrons. The average Bonchev–Trinajstić information content (AvgIpc) is 2.47. The van der Waals surface area contributed by atoms with Gasteiger partial charge in [-0.3, -0.25) is 4.90 Å². The molecule has 2 aliphatic heterocycles. The second-order valence-electron chi connectivity index (χ2n) is 5.55. The van der Waals surface area contributed by atoms with Crippen LogP contribution in [-0.2, 0) is 6.54 Å². The third-order valence-electron chi connectivity index (χ3n) is 4.34. The maximum atomic E-state index is 5.33. The standard InChI is InChI=1S/C15H23N3O/c1-17-5-7-18(8-6-17)15-11-16-10-12-9-13(19-2)3-4-14(12)15/h3-4,9,15-16H,5-8,10-11H2,1-2H3/t15-/m0/s1. The fraction of sp³-hybridized carbons (Fsp3) is 0.600. The van der Waals surface area contributed by atoms with Crippen LogP contribution in [0.25, 0.3) is 0 Å². The van der Waals surface area contributed by atoms with Gasteiger partial charge in [-0.2, -0.15) is 0 Å². The highest BCUT2D eigenvalue weighted by atomic mass is 16.5. The van der Waals surface area contributed by atoms with E-state index in [1.165, 1.54) is 24.2 Å². The highest BCUT2D eigenvalue weighted by molar-refractivity contribution is 5.39. The van der Waals surface area contributed by atoms with Crippen LogP contribution in [0.1, 0.15) is 17.2 Å². The highest BCUT2D eigenvalue weighted by Gasteiger charge is 2.27. The quantitative estimate of drug-likeness (QED) is 0.862. The van der Waals surface area contributed by atoms with Crippen LogP contribution < -0.4 is 10.1 Å². The molecule has 0 aromatic heterocycles. The average molecular weight is 261 g/mol. The monoisotopic (exact) mass is 261 g/mol. The molecule has 1 aromatic carbocycles. The van der Waals surface area contributed by atoms with Gasteiger partial charge in [-0.05, 0) is 30.3 Å². The Morgan fingerprint density at radius 2 is 2.00 bits per heavy atom. The van der Waals surface area contributed by atoms with Crippen molar-refractivity contribution in [1.82, 2.24) is 15.1 Å². The summed E-state index contributed by atoms with van der Waals surface area (Å²) in [5.74, 6) is 0.958. The predicted molar refractivity (Wildman–Crippen MR) is 76.5 cm³/mol. The van der Waals surface area contributed by atoms with E-state index < -0.39 is 0 Å². The van der Waals surface area contributed by atoms with Crippen molar-refractivity contribution < 1.29 is 4.74 Å². The van der Waals surface area contributed by atoms with Gasteiger partial charge in [-0.1, -0.05) is 6.07 Å². The van der Waals surface area contributed by atoms with E-state index >= 15 is 0 Å². The second-order valence-corrected chi connectivity index (χ2v) is 5.55. The van der Waals surface area contributed by atoms with Gasteiger partial charge in [0.05, 0.1) is 7.11 Å². The summed E-state index contributed by atoms with van der Waals surface area (Å²) in [4.78, 5) is 5.01. The van der Waals surface area contributed by atoms with Crippen LogP contribution in [0.15, 0.2) is 18.2 Å². The Kier molecular flexibility index (Phi) is 3.73. The maximum absolute atomic E-state index is 5.33. The molecule has 1 fully saturated rings. The van der Waals surface area contributed by atoms with Crippen molar-refractivity contribution in [2.45, 2.75) is 12.6 Å². The lowest BCUT2D eigenvalue weighted by molar-refractivity contribution is 0.106. The summed E-state index contributed by atoms with van der Waals surface area (Å²) in [5.41, 5.74) is 2.86. The molecular formula is C15H23N3O. The molecule has 104 valence electrons. The fourth-order valence-corrected chi connectivity index (χ4v) is 3.10. The fourth-order valence-electron chi connectivity index (χ4n) is 3.10. The topological polar surface area (TPSA) is 27.7 Å². The smallest absolute Gasteiger partial charge is 0.119 e. The molecule has 0 unspecified atom stereocenters. The van der Waals surface area contributed by atoms with Gasteiger partial charge in [0.25, 0.3) is 0 Å². The SMILES string of the molecule is COc1ccc2c(c1)CNC[C@@H]2N1CCN(C)CC1. The Morgan fingerprint density at radius 3 is 2.74 bits per heavy atom. The second kappa shape index (κ2) is 5.49. The molecule has 1 N–H and O–H groups in total. The molecule has 2 aliphatic rings. The number of piperazine rings is 1. The minimum atomic E-state index is 0.517. The van der Waals surface area contributed by atoms with Crippen LogP contribution in [0.3, 0.4) is 0 Å². The summed E-state index contributed by atoms with van der Waals surface area (Å²) in [6.07, 6.45) is 0. The number of likely N-dealkylation sites (N-methyl/N-ethyl adjacent to an activating group) is 1. The summed E-state index contributed by atoms with van der Waals surface area (Å²) in [5, 5.41) is 3.54. The van der Waals surface area contributed by atoms with Crippen LogP contribution in [0.5, 0.6) is 5.75 Å². The molecule has 0 spiro atoms. The third kappa shape index (κ3) is 2.61. The van der Waals surface area contributed by atoms with E-state index in [0.717, 1.165) is 31.9 Å². The van der Waals surface area contributed by atoms with Crippen LogP contribution in [0.2, 0.25) is 0 Å². The predicted octanol–water partition coefficient (Wildman–Crippen LogP) is 1.09. The highest BCUT2D eigenvalue weighted by Crippen LogP contribution is 2.30. The van der Waals surface area contributed by atoms with Crippen LogP contribution in [0, 0.1) is 0 Å². The van der Waals surface area contributed by atoms with Crippen molar-refractivity contribution in [2.24, 2.45) is 0 Å². The molecule has 4 heteroatoms. The van der Waals surface area contributed by atoms with Crippen molar-refractivity contribution in [3.05, 3.63) is 29.3 Å². The largest absolute Gasteiger partial charge is 0.497 e. The Morgan fingerprint density at radius 1 is 1.21 bits per heavy atom. The van der Waals surface area contributed by atoms with Crippen LogP contribution in [0.4, 0.5) is 0 Å². The lowest BCUT2D eigenvalue weighted by atomic mass is 9.94. The lowest BCUT2D eigenvalue weighted by Crippen LogP contribution is -2.49. The summed E-state index contributed by atoms with van der Waals surface area (Å²) >= 11 is 0. The van der Waals surface area contributed by atoms with Crippen molar-refractivity contribution in [3.63, 3.8) is 0 Å². The van der Waals surface area contributed by atoms with E-state index in [1.807, 2.05) is 0 Å². The normalized spacial score (nSPS) is 25.1. The third-order valence-corrected chi connectivity index (χ3v) is 4.34. The van der Waals surface area contributed by atoms with Crippen molar-refractivity contribution in [3.8, 4) is 5.75 Å². The summed E-state index contributed by atoms with van der Waals surface area (Å²) in [7, 11) is 3.94. The number of nitrogens with zero attached hydrogens (tertiary/aromatic N) is 2. The summed E-state index contributed by atoms with van der Waals surface area (Å²) in [6, 6.07) is 7.03. The van der Waals surface area contributed by atoms with Gasteiger partial charge in [-0.25, -0.2) is 0 Å². The molecule has 1 aromatic rings. The van der Waals surface area contributed by atoms with E-state index in [1.54, 1.807) is 7.11 Å². The molecule has 0 amide bonds. The number of hydrogen-bond donors (Lipinski definition) is 1. The zero-order valence-electron chi connectivity index (χ0n) is 11.9. The van der Waals surface area contributed by atoms with Gasteiger partial charge in [0.1, 0.15) is 5.75 Å². The number of methoxy groups -OCH3 is 1. The van der Waals surface area contributed by atoms with E-state index in [9.17, 15) is 0 Å². The molecule has 1 saturated heterocycles. The van der Waals surface area contributed by atoms with Crippen molar-refractivity contribution in [1.29, 1.82) is 0 Å². The van der Waals surface area contributed by atoms with Crippen molar-refractivity contribution in [2.75, 3.05) is 46.9 Å². The Labute approximate surface area is 115 Å². The van der Waals surface area contributed by atoms with Gasteiger partial charge >= 0.3 is 0 Å². The van der Waals surface area contributed by atoms with Gasteiger partial charge < -0.3 is 15.0 Å². The first-order valence-electron chi connectivity index (χ1n) is 7.08. The zero-order chi connectivity index (χ0) is 13.2. The number of fused-ring (bicyclic) bond motifs is 1. The van der Waals surface area contributed by atoms with Crippen molar-refractivity contribution >= 4 is 0 Å². The molecule has 3 rings (SSSR count). The Bertz CT molecular complexity index is 441. The van der Waals surface area contributed by atoms with Gasteiger partial charge in [0.2, 0.25) is 0 Å². The molecular weight excluding hydrogens is 238 g/mol. The first-order chi connectivity index (χ1) is 9.28. The molecule has 0 bridgehead atoms. The minimum Gasteiger partial charge on any atom is -0.497 e. The van der Waals surface area contributed by atoms with E-state index in [4.69, 9.17) is 4.74 Å². The zero-order valence-corrected chi connectivity index (χ0v) is 11.9. The number of rotatable bonds is 2. The van der Waals surface area contributed by atoms with E-state index in [0.29, 0.717) is 6.04 Å². The summed E-state index contributed by atoms with van der Waals surface area (Å²) < 4.78 is 5.33. The Hall–Kier alpha value is -1.10. The van der Waals surface area contributed by atoms with Gasteiger partial charge in [-0.15, -0.1) is 0 Å². The molecule has 4 nitrogen and oxygen atoms in total.